The number of aromatic nitrogens is 1. The largest absolute Gasteiger partial charge is 0.466 e. The molecule has 0 N–H and O–H groups in total. The minimum absolute atomic E-state index is 0.255. The molecule has 2 aromatic rings. The normalized spacial score (nSPS) is 15.5. The van der Waals surface area contributed by atoms with Gasteiger partial charge in [0.2, 0.25) is 0 Å². The molecule has 0 radical (unpaired) electrons. The van der Waals surface area contributed by atoms with Crippen LogP contribution in [0.5, 0.6) is 0 Å². The molecule has 1 aliphatic rings. The van der Waals surface area contributed by atoms with Crippen molar-refractivity contribution in [2.45, 2.75) is 25.8 Å². The quantitative estimate of drug-likeness (QED) is 0.365. The number of likely N-dealkylation sites (tertiary alicyclic amines) is 1. The molecule has 1 saturated heterocycles. The van der Waals surface area contributed by atoms with Gasteiger partial charge in [0, 0.05) is 35.4 Å². The first-order valence-corrected chi connectivity index (χ1v) is 10.6. The van der Waals surface area contributed by atoms with Crippen LogP contribution in [-0.2, 0) is 14.3 Å². The highest BCUT2D eigenvalue weighted by Gasteiger charge is 2.36. The van der Waals surface area contributed by atoms with Crippen LogP contribution in [0, 0.1) is 5.92 Å². The molecule has 1 unspecified atom stereocenters. The zero-order chi connectivity index (χ0) is 21.7. The molecule has 30 heavy (non-hydrogen) atoms. The summed E-state index contributed by atoms with van der Waals surface area (Å²) in [5.74, 6) is -1.41. The van der Waals surface area contributed by atoms with Crippen LogP contribution < -0.4 is 5.56 Å². The highest BCUT2D eigenvalue weighted by Crippen LogP contribution is 2.24. The van der Waals surface area contributed by atoms with Gasteiger partial charge in [-0.05, 0) is 38.0 Å². The monoisotopic (exact) mass is 474 g/mol. The smallest absolute Gasteiger partial charge is 0.309 e. The molecule has 1 amide bonds. The molecule has 1 aromatic heterocycles. The number of ketones is 1. The lowest BCUT2D eigenvalue weighted by Gasteiger charge is -2.33. The number of ether oxygens (including phenoxy) is 1. The molecule has 1 atom stereocenters. The van der Waals surface area contributed by atoms with E-state index in [0.29, 0.717) is 38.1 Å². The zero-order valence-corrected chi connectivity index (χ0v) is 18.2. The lowest BCUT2D eigenvalue weighted by atomic mass is 9.95. The van der Waals surface area contributed by atoms with Gasteiger partial charge in [-0.3, -0.25) is 23.7 Å². The van der Waals surface area contributed by atoms with Crippen LogP contribution in [0.15, 0.2) is 57.9 Å². The average Bonchev–Trinajstić information content (AvgIpc) is 2.76. The van der Waals surface area contributed by atoms with E-state index >= 15 is 0 Å². The number of amides is 1. The Kier molecular flexibility index (Phi) is 7.20. The van der Waals surface area contributed by atoms with E-state index in [-0.39, 0.29) is 11.9 Å². The Morgan fingerprint density at radius 1 is 1.10 bits per heavy atom. The highest BCUT2D eigenvalue weighted by atomic mass is 79.9. The second-order valence-corrected chi connectivity index (χ2v) is 7.99. The van der Waals surface area contributed by atoms with Crippen LogP contribution in [0.2, 0.25) is 0 Å². The Bertz CT molecular complexity index is 978. The molecule has 1 aliphatic heterocycles. The van der Waals surface area contributed by atoms with Crippen LogP contribution >= 0.6 is 15.9 Å². The molecule has 0 saturated carbocycles. The van der Waals surface area contributed by atoms with Crippen molar-refractivity contribution in [2.24, 2.45) is 5.92 Å². The van der Waals surface area contributed by atoms with Crippen molar-refractivity contribution in [3.8, 4) is 0 Å². The first-order valence-electron chi connectivity index (χ1n) is 9.84. The number of benzene rings is 1. The van der Waals surface area contributed by atoms with Crippen molar-refractivity contribution < 1.29 is 19.1 Å². The molecule has 1 aromatic carbocycles. The number of hydrogen-bond acceptors (Lipinski definition) is 5. The number of carbonyl (C=O) groups is 3. The Labute approximate surface area is 182 Å². The molecule has 2 heterocycles. The van der Waals surface area contributed by atoms with Gasteiger partial charge in [-0.2, -0.15) is 0 Å². The van der Waals surface area contributed by atoms with Crippen molar-refractivity contribution in [1.29, 1.82) is 0 Å². The Morgan fingerprint density at radius 2 is 1.77 bits per heavy atom. The summed E-state index contributed by atoms with van der Waals surface area (Å²) in [4.78, 5) is 52.5. The number of hydrogen-bond donors (Lipinski definition) is 0. The van der Waals surface area contributed by atoms with Crippen molar-refractivity contribution in [1.82, 2.24) is 9.47 Å². The minimum Gasteiger partial charge on any atom is -0.466 e. The first kappa shape index (κ1) is 22.0. The molecule has 3 rings (SSSR count). The standard InChI is InChI=1S/C22H23BrN2O5/c1-2-30-22(29)16-10-13-24(14-11-16)21(28)19(25-12-4-3-5-18(25)26)20(27)15-6-8-17(23)9-7-15/h3-9,12,16,19H,2,10-11,13-14H2,1H3. The fourth-order valence-corrected chi connectivity index (χ4v) is 3.82. The molecule has 0 spiro atoms. The number of halogens is 1. The summed E-state index contributed by atoms with van der Waals surface area (Å²) in [5.41, 5.74) is -0.0866. The van der Waals surface area contributed by atoms with Crippen LogP contribution in [0.4, 0.5) is 0 Å². The summed E-state index contributed by atoms with van der Waals surface area (Å²) in [5, 5.41) is 0. The first-order chi connectivity index (χ1) is 14.4. The molecular weight excluding hydrogens is 452 g/mol. The summed E-state index contributed by atoms with van der Waals surface area (Å²) < 4.78 is 7.05. The Morgan fingerprint density at radius 3 is 2.37 bits per heavy atom. The van der Waals surface area contributed by atoms with Gasteiger partial charge in [-0.15, -0.1) is 0 Å². The van der Waals surface area contributed by atoms with Gasteiger partial charge in [-0.25, -0.2) is 0 Å². The van der Waals surface area contributed by atoms with Crippen molar-refractivity contribution in [3.63, 3.8) is 0 Å². The van der Waals surface area contributed by atoms with E-state index in [1.807, 2.05) is 0 Å². The van der Waals surface area contributed by atoms with Gasteiger partial charge in [0.1, 0.15) is 0 Å². The van der Waals surface area contributed by atoms with Crippen LogP contribution in [0.1, 0.15) is 36.2 Å². The molecule has 7 nitrogen and oxygen atoms in total. The fraction of sp³-hybridized carbons (Fsp3) is 0.364. The number of carbonyl (C=O) groups excluding carboxylic acids is 3. The Hall–Kier alpha value is -2.74. The average molecular weight is 475 g/mol. The number of piperidine rings is 1. The highest BCUT2D eigenvalue weighted by molar-refractivity contribution is 9.10. The predicted octanol–water partition coefficient (Wildman–Crippen LogP) is 2.84. The van der Waals surface area contributed by atoms with Crippen molar-refractivity contribution >= 4 is 33.6 Å². The third-order valence-corrected chi connectivity index (χ3v) is 5.70. The maximum atomic E-state index is 13.4. The summed E-state index contributed by atoms with van der Waals surface area (Å²) in [7, 11) is 0. The third-order valence-electron chi connectivity index (χ3n) is 5.17. The Balaban J connectivity index is 1.86. The topological polar surface area (TPSA) is 85.7 Å². The van der Waals surface area contributed by atoms with Gasteiger partial charge < -0.3 is 9.64 Å². The SMILES string of the molecule is CCOC(=O)C1CCN(C(=O)C(C(=O)c2ccc(Br)cc2)n2ccccc2=O)CC1. The predicted molar refractivity (Wildman–Crippen MR) is 114 cm³/mol. The van der Waals surface area contributed by atoms with E-state index in [9.17, 15) is 19.2 Å². The molecule has 8 heteroatoms. The third kappa shape index (κ3) is 4.87. The van der Waals surface area contributed by atoms with Gasteiger partial charge in [0.25, 0.3) is 11.5 Å². The van der Waals surface area contributed by atoms with E-state index < -0.39 is 23.3 Å². The summed E-state index contributed by atoms with van der Waals surface area (Å²) in [6.45, 7) is 2.73. The van der Waals surface area contributed by atoms with Gasteiger partial charge >= 0.3 is 5.97 Å². The molecule has 0 aliphatic carbocycles. The fourth-order valence-electron chi connectivity index (χ4n) is 3.55. The van der Waals surface area contributed by atoms with Crippen LogP contribution in [0.25, 0.3) is 0 Å². The van der Waals surface area contributed by atoms with Crippen LogP contribution in [0.3, 0.4) is 0 Å². The zero-order valence-electron chi connectivity index (χ0n) is 16.6. The second-order valence-electron chi connectivity index (χ2n) is 7.07. The van der Waals surface area contributed by atoms with Gasteiger partial charge in [0.15, 0.2) is 11.8 Å². The molecular formula is C22H23BrN2O5. The van der Waals surface area contributed by atoms with Gasteiger partial charge in [0.05, 0.1) is 12.5 Å². The van der Waals surface area contributed by atoms with E-state index in [4.69, 9.17) is 4.74 Å². The maximum Gasteiger partial charge on any atom is 0.309 e. The lowest BCUT2D eigenvalue weighted by Crippen LogP contribution is -2.47. The van der Waals surface area contributed by atoms with E-state index in [2.05, 4.69) is 15.9 Å². The maximum absolute atomic E-state index is 13.4. The lowest BCUT2D eigenvalue weighted by molar-refractivity contribution is -0.151. The number of rotatable bonds is 6. The van der Waals surface area contributed by atoms with Crippen molar-refractivity contribution in [2.75, 3.05) is 19.7 Å². The number of Topliss-reactive ketones (excluding diaryl/α,β-unsaturated/α-hetero) is 1. The van der Waals surface area contributed by atoms with E-state index in [0.717, 1.165) is 4.47 Å². The minimum atomic E-state index is -1.29. The number of nitrogens with zero attached hydrogens (tertiary/aromatic N) is 2. The molecule has 158 valence electrons. The second kappa shape index (κ2) is 9.84. The number of pyridine rings is 1. The van der Waals surface area contributed by atoms with Gasteiger partial charge in [-0.1, -0.05) is 34.1 Å². The summed E-state index contributed by atoms with van der Waals surface area (Å²) in [6.07, 6.45) is 2.38. The number of esters is 1. The van der Waals surface area contributed by atoms with E-state index in [1.54, 1.807) is 48.2 Å². The summed E-state index contributed by atoms with van der Waals surface area (Å²) in [6, 6.07) is 9.88. The van der Waals surface area contributed by atoms with Crippen LogP contribution in [-0.4, -0.2) is 46.8 Å². The summed E-state index contributed by atoms with van der Waals surface area (Å²) >= 11 is 3.33. The molecule has 1 fully saturated rings. The molecule has 0 bridgehead atoms. The van der Waals surface area contributed by atoms with Crippen molar-refractivity contribution in [3.05, 3.63) is 69.1 Å². The van der Waals surface area contributed by atoms with E-state index in [1.165, 1.54) is 16.8 Å².